The number of carbonyl (C=O) groups excluding carboxylic acids is 1. The van der Waals surface area contributed by atoms with Gasteiger partial charge >= 0.3 is 0 Å². The van der Waals surface area contributed by atoms with Gasteiger partial charge in [-0.15, -0.1) is 21.5 Å². The maximum absolute atomic E-state index is 12.6. The molecule has 0 saturated carbocycles. The molecule has 3 aromatic rings. The molecule has 3 rings (SSSR count). The summed E-state index contributed by atoms with van der Waals surface area (Å²) in [4.78, 5) is 15.2. The van der Waals surface area contributed by atoms with Crippen molar-refractivity contribution in [3.05, 3.63) is 52.2 Å². The van der Waals surface area contributed by atoms with Crippen molar-refractivity contribution >= 4 is 28.8 Å². The number of rotatable bonds is 8. The van der Waals surface area contributed by atoms with E-state index in [9.17, 15) is 4.79 Å². The molecule has 2 heterocycles. The Morgan fingerprint density at radius 2 is 2.19 bits per heavy atom. The predicted octanol–water partition coefficient (Wildman–Crippen LogP) is 4.58. The molecule has 142 valence electrons. The second-order valence-electron chi connectivity index (χ2n) is 6.02. The SMILES string of the molecule is CCCN(Cc1nnc(-c2cccs2)o1)C(=O)COc1cc(C)ccc1Cl. The fourth-order valence-corrected chi connectivity index (χ4v) is 3.31. The van der Waals surface area contributed by atoms with Crippen LogP contribution in [-0.2, 0) is 11.3 Å². The first-order chi connectivity index (χ1) is 13.1. The fourth-order valence-electron chi connectivity index (χ4n) is 2.49. The smallest absolute Gasteiger partial charge is 0.260 e. The molecule has 27 heavy (non-hydrogen) atoms. The van der Waals surface area contributed by atoms with Gasteiger partial charge in [0.05, 0.1) is 16.4 Å². The van der Waals surface area contributed by atoms with E-state index in [4.69, 9.17) is 20.8 Å². The second kappa shape index (κ2) is 9.01. The molecule has 1 amide bonds. The zero-order valence-electron chi connectivity index (χ0n) is 15.1. The van der Waals surface area contributed by atoms with Crippen LogP contribution in [0.5, 0.6) is 5.75 Å². The summed E-state index contributed by atoms with van der Waals surface area (Å²) < 4.78 is 11.3. The molecule has 0 aliphatic rings. The van der Waals surface area contributed by atoms with E-state index in [0.29, 0.717) is 29.1 Å². The molecule has 6 nitrogen and oxygen atoms in total. The minimum atomic E-state index is -0.162. The van der Waals surface area contributed by atoms with Gasteiger partial charge in [0.2, 0.25) is 5.89 Å². The molecule has 0 unspecified atom stereocenters. The van der Waals surface area contributed by atoms with Crippen LogP contribution in [0.3, 0.4) is 0 Å². The number of nitrogens with zero attached hydrogens (tertiary/aromatic N) is 3. The molecule has 0 aliphatic heterocycles. The number of carbonyl (C=O) groups is 1. The maximum Gasteiger partial charge on any atom is 0.260 e. The summed E-state index contributed by atoms with van der Waals surface area (Å²) in [7, 11) is 0. The summed E-state index contributed by atoms with van der Waals surface area (Å²) in [5.41, 5.74) is 1.01. The lowest BCUT2D eigenvalue weighted by Gasteiger charge is -2.20. The van der Waals surface area contributed by atoms with Crippen LogP contribution < -0.4 is 4.74 Å². The van der Waals surface area contributed by atoms with Crippen molar-refractivity contribution in [3.63, 3.8) is 0 Å². The van der Waals surface area contributed by atoms with Crippen LogP contribution in [0.4, 0.5) is 0 Å². The van der Waals surface area contributed by atoms with E-state index < -0.39 is 0 Å². The average Bonchev–Trinajstić information content (AvgIpc) is 3.33. The summed E-state index contributed by atoms with van der Waals surface area (Å²) in [6.07, 6.45) is 0.808. The van der Waals surface area contributed by atoms with E-state index >= 15 is 0 Å². The van der Waals surface area contributed by atoms with E-state index in [-0.39, 0.29) is 19.1 Å². The molecule has 0 aliphatic carbocycles. The largest absolute Gasteiger partial charge is 0.482 e. The van der Waals surface area contributed by atoms with Crippen LogP contribution in [0.25, 0.3) is 10.8 Å². The molecule has 0 atom stereocenters. The van der Waals surface area contributed by atoms with Crippen molar-refractivity contribution in [2.45, 2.75) is 26.8 Å². The van der Waals surface area contributed by atoms with E-state index in [1.54, 1.807) is 11.0 Å². The number of amides is 1. The minimum Gasteiger partial charge on any atom is -0.482 e. The Kier molecular flexibility index (Phi) is 6.47. The Bertz CT molecular complexity index is 896. The van der Waals surface area contributed by atoms with E-state index in [1.807, 2.05) is 43.5 Å². The first kappa shape index (κ1) is 19.4. The Balaban J connectivity index is 1.64. The molecular weight excluding hydrogens is 386 g/mol. The first-order valence-corrected chi connectivity index (χ1v) is 9.85. The van der Waals surface area contributed by atoms with E-state index in [1.165, 1.54) is 11.3 Å². The topological polar surface area (TPSA) is 68.5 Å². The highest BCUT2D eigenvalue weighted by molar-refractivity contribution is 7.13. The monoisotopic (exact) mass is 405 g/mol. The van der Waals surface area contributed by atoms with Gasteiger partial charge in [-0.25, -0.2) is 0 Å². The van der Waals surface area contributed by atoms with Crippen LogP contribution >= 0.6 is 22.9 Å². The molecule has 8 heteroatoms. The summed E-state index contributed by atoms with van der Waals surface area (Å²) in [5.74, 6) is 1.20. The van der Waals surface area contributed by atoms with Crippen LogP contribution in [0.15, 0.2) is 40.1 Å². The van der Waals surface area contributed by atoms with Crippen molar-refractivity contribution in [2.75, 3.05) is 13.2 Å². The van der Waals surface area contributed by atoms with Crippen LogP contribution in [0.1, 0.15) is 24.8 Å². The van der Waals surface area contributed by atoms with Crippen LogP contribution in [0, 0.1) is 6.92 Å². The Hall–Kier alpha value is -2.38. The molecule has 1 aromatic carbocycles. The fraction of sp³-hybridized carbons (Fsp3) is 0.316. The summed E-state index contributed by atoms with van der Waals surface area (Å²) in [5, 5.41) is 10.5. The molecule has 0 spiro atoms. The summed E-state index contributed by atoms with van der Waals surface area (Å²) in [6, 6.07) is 9.29. The van der Waals surface area contributed by atoms with Gasteiger partial charge in [-0.3, -0.25) is 4.79 Å². The van der Waals surface area contributed by atoms with Gasteiger partial charge < -0.3 is 14.1 Å². The van der Waals surface area contributed by atoms with Crippen molar-refractivity contribution in [3.8, 4) is 16.5 Å². The highest BCUT2D eigenvalue weighted by Gasteiger charge is 2.18. The van der Waals surface area contributed by atoms with Crippen molar-refractivity contribution in [1.29, 1.82) is 0 Å². The lowest BCUT2D eigenvalue weighted by molar-refractivity contribution is -0.134. The van der Waals surface area contributed by atoms with Crippen molar-refractivity contribution < 1.29 is 13.9 Å². The minimum absolute atomic E-state index is 0.102. The highest BCUT2D eigenvalue weighted by atomic mass is 35.5. The predicted molar refractivity (Wildman–Crippen MR) is 105 cm³/mol. The molecule has 0 radical (unpaired) electrons. The molecular formula is C19H20ClN3O3S. The molecule has 0 bridgehead atoms. The molecule has 0 fully saturated rings. The number of aryl methyl sites for hydroxylation is 1. The molecule has 0 N–H and O–H groups in total. The number of ether oxygens (including phenoxy) is 1. The first-order valence-electron chi connectivity index (χ1n) is 8.59. The van der Waals surface area contributed by atoms with Crippen molar-refractivity contribution in [2.24, 2.45) is 0 Å². The van der Waals surface area contributed by atoms with Crippen LogP contribution in [0.2, 0.25) is 5.02 Å². The lowest BCUT2D eigenvalue weighted by atomic mass is 10.2. The third kappa shape index (κ3) is 5.08. The highest BCUT2D eigenvalue weighted by Crippen LogP contribution is 2.26. The zero-order valence-corrected chi connectivity index (χ0v) is 16.7. The van der Waals surface area contributed by atoms with Crippen LogP contribution in [-0.4, -0.2) is 34.2 Å². The number of benzene rings is 1. The lowest BCUT2D eigenvalue weighted by Crippen LogP contribution is -2.35. The quantitative estimate of drug-likeness (QED) is 0.548. The average molecular weight is 406 g/mol. The number of hydrogen-bond acceptors (Lipinski definition) is 6. The number of thiophene rings is 1. The van der Waals surface area contributed by atoms with E-state index in [0.717, 1.165) is 16.9 Å². The van der Waals surface area contributed by atoms with Gasteiger partial charge in [0.25, 0.3) is 11.8 Å². The van der Waals surface area contributed by atoms with Gasteiger partial charge in [-0.05, 0) is 42.5 Å². The molecule has 2 aromatic heterocycles. The third-order valence-corrected chi connectivity index (χ3v) is 4.98. The zero-order chi connectivity index (χ0) is 19.2. The van der Waals surface area contributed by atoms with Gasteiger partial charge in [0, 0.05) is 6.54 Å². The third-order valence-electron chi connectivity index (χ3n) is 3.81. The normalized spacial score (nSPS) is 10.8. The Morgan fingerprint density at radius 3 is 2.93 bits per heavy atom. The van der Waals surface area contributed by atoms with Gasteiger partial charge in [0.1, 0.15) is 5.75 Å². The summed E-state index contributed by atoms with van der Waals surface area (Å²) >= 11 is 7.64. The number of halogens is 1. The Morgan fingerprint density at radius 1 is 1.33 bits per heavy atom. The summed E-state index contributed by atoms with van der Waals surface area (Å²) in [6.45, 7) is 4.66. The van der Waals surface area contributed by atoms with Gasteiger partial charge in [0.15, 0.2) is 6.61 Å². The number of hydrogen-bond donors (Lipinski definition) is 0. The molecule has 0 saturated heterocycles. The maximum atomic E-state index is 12.6. The Labute approximate surface area is 166 Å². The van der Waals surface area contributed by atoms with Gasteiger partial charge in [-0.1, -0.05) is 30.7 Å². The van der Waals surface area contributed by atoms with Gasteiger partial charge in [-0.2, -0.15) is 0 Å². The second-order valence-corrected chi connectivity index (χ2v) is 7.37. The van der Waals surface area contributed by atoms with E-state index in [2.05, 4.69) is 10.2 Å². The number of aromatic nitrogens is 2. The van der Waals surface area contributed by atoms with Crippen molar-refractivity contribution in [1.82, 2.24) is 15.1 Å². The standard InChI is InChI=1S/C19H20ClN3O3S/c1-3-8-23(11-17-21-22-19(26-17)16-5-4-9-27-16)18(24)12-25-15-10-13(2)6-7-14(15)20/h4-7,9-10H,3,8,11-12H2,1-2H3.